The molecule has 1 heterocycles. The van der Waals surface area contributed by atoms with Crippen molar-refractivity contribution < 1.29 is 9.53 Å². The lowest BCUT2D eigenvalue weighted by molar-refractivity contribution is -0.123. The van der Waals surface area contributed by atoms with Crippen molar-refractivity contribution in [2.75, 3.05) is 6.61 Å². The van der Waals surface area contributed by atoms with Gasteiger partial charge in [0.2, 0.25) is 0 Å². The van der Waals surface area contributed by atoms with Gasteiger partial charge in [-0.3, -0.25) is 4.79 Å². The second kappa shape index (κ2) is 10.9. The standard InChI is InChI=1S/C24H27N5O2/c1-18(2)22-12-11-19(3)14-23(22)31-17-24(30)27-25-13-7-10-21-16-29(28-26-21)15-20-8-5-4-6-9-20/h4-14,16,18H,15,17H2,1-3H3,(H,27,30)/b10-7+,25-13+. The SMILES string of the molecule is Cc1ccc(C(C)C)c(OCC(=O)N/N=C/C=C/c2cn(Cc3ccccc3)nn2)c1. The fourth-order valence-corrected chi connectivity index (χ4v) is 2.95. The van der Waals surface area contributed by atoms with Crippen LogP contribution in [0.15, 0.2) is 65.9 Å². The number of benzene rings is 2. The molecule has 31 heavy (non-hydrogen) atoms. The van der Waals surface area contributed by atoms with Crippen molar-refractivity contribution in [3.05, 3.63) is 83.2 Å². The van der Waals surface area contributed by atoms with E-state index in [1.807, 2.05) is 61.7 Å². The van der Waals surface area contributed by atoms with Crippen LogP contribution < -0.4 is 10.2 Å². The van der Waals surface area contributed by atoms with E-state index in [9.17, 15) is 4.79 Å². The Hall–Kier alpha value is -3.74. The van der Waals surface area contributed by atoms with E-state index in [1.165, 1.54) is 6.21 Å². The first-order chi connectivity index (χ1) is 15.0. The Labute approximate surface area is 182 Å². The molecule has 0 fully saturated rings. The molecule has 0 atom stereocenters. The highest BCUT2D eigenvalue weighted by Crippen LogP contribution is 2.27. The van der Waals surface area contributed by atoms with Gasteiger partial charge in [-0.05, 0) is 47.8 Å². The number of carbonyl (C=O) groups is 1. The highest BCUT2D eigenvalue weighted by Gasteiger charge is 2.10. The lowest BCUT2D eigenvalue weighted by Crippen LogP contribution is -2.24. The summed E-state index contributed by atoms with van der Waals surface area (Å²) in [6, 6.07) is 16.1. The molecule has 0 aliphatic rings. The largest absolute Gasteiger partial charge is 0.483 e. The minimum Gasteiger partial charge on any atom is -0.483 e. The number of nitrogens with zero attached hydrogens (tertiary/aromatic N) is 4. The third-order valence-corrected chi connectivity index (χ3v) is 4.51. The molecular weight excluding hydrogens is 390 g/mol. The molecule has 2 aromatic carbocycles. The van der Waals surface area contributed by atoms with Crippen molar-refractivity contribution in [1.29, 1.82) is 0 Å². The predicted octanol–water partition coefficient (Wildman–Crippen LogP) is 3.95. The highest BCUT2D eigenvalue weighted by atomic mass is 16.5. The first-order valence-corrected chi connectivity index (χ1v) is 10.2. The third kappa shape index (κ3) is 6.92. The zero-order chi connectivity index (χ0) is 22.1. The monoisotopic (exact) mass is 417 g/mol. The maximum absolute atomic E-state index is 12.0. The van der Waals surface area contributed by atoms with Gasteiger partial charge in [-0.1, -0.05) is 61.5 Å². The number of aryl methyl sites for hydroxylation is 1. The van der Waals surface area contributed by atoms with Gasteiger partial charge in [-0.2, -0.15) is 5.10 Å². The molecule has 1 aromatic heterocycles. The summed E-state index contributed by atoms with van der Waals surface area (Å²) in [5.41, 5.74) is 6.47. The van der Waals surface area contributed by atoms with Crippen LogP contribution in [0.3, 0.4) is 0 Å². The number of allylic oxidation sites excluding steroid dienone is 1. The minimum atomic E-state index is -0.324. The molecule has 1 N–H and O–H groups in total. The number of hydrogen-bond acceptors (Lipinski definition) is 5. The van der Waals surface area contributed by atoms with Crippen LogP contribution in [0.5, 0.6) is 5.75 Å². The van der Waals surface area contributed by atoms with Gasteiger partial charge in [0.25, 0.3) is 5.91 Å². The average Bonchev–Trinajstić information content (AvgIpc) is 3.19. The summed E-state index contributed by atoms with van der Waals surface area (Å²) < 4.78 is 7.46. The molecule has 0 saturated carbocycles. The second-order valence-electron chi connectivity index (χ2n) is 7.48. The van der Waals surface area contributed by atoms with E-state index in [1.54, 1.807) is 16.8 Å². The Morgan fingerprint density at radius 1 is 1.23 bits per heavy atom. The fraction of sp³-hybridized carbons (Fsp3) is 0.250. The predicted molar refractivity (Wildman–Crippen MR) is 122 cm³/mol. The van der Waals surface area contributed by atoms with Crippen molar-refractivity contribution in [3.8, 4) is 5.75 Å². The maximum Gasteiger partial charge on any atom is 0.277 e. The summed E-state index contributed by atoms with van der Waals surface area (Å²) >= 11 is 0. The van der Waals surface area contributed by atoms with Gasteiger partial charge in [-0.15, -0.1) is 5.10 Å². The number of ether oxygens (including phenoxy) is 1. The molecule has 0 aliphatic heterocycles. The number of carbonyl (C=O) groups excluding carboxylic acids is 1. The van der Waals surface area contributed by atoms with Crippen LogP contribution in [0.1, 0.15) is 42.1 Å². The quantitative estimate of drug-likeness (QED) is 0.422. The molecule has 0 spiro atoms. The summed E-state index contributed by atoms with van der Waals surface area (Å²) in [4.78, 5) is 12.0. The topological polar surface area (TPSA) is 81.4 Å². The lowest BCUT2D eigenvalue weighted by Gasteiger charge is -2.14. The Morgan fingerprint density at radius 2 is 2.03 bits per heavy atom. The first-order valence-electron chi connectivity index (χ1n) is 10.2. The van der Waals surface area contributed by atoms with Gasteiger partial charge in [0.1, 0.15) is 11.4 Å². The number of hydrogen-bond donors (Lipinski definition) is 1. The normalized spacial score (nSPS) is 11.5. The molecule has 0 aliphatic carbocycles. The van der Waals surface area contributed by atoms with E-state index < -0.39 is 0 Å². The summed E-state index contributed by atoms with van der Waals surface area (Å²) in [5, 5.41) is 12.1. The summed E-state index contributed by atoms with van der Waals surface area (Å²) in [5.74, 6) is 0.717. The summed E-state index contributed by atoms with van der Waals surface area (Å²) in [6.07, 6.45) is 6.79. The Balaban J connectivity index is 1.44. The van der Waals surface area contributed by atoms with Gasteiger partial charge < -0.3 is 4.74 Å². The molecule has 160 valence electrons. The number of amides is 1. The Bertz CT molecular complexity index is 1050. The smallest absolute Gasteiger partial charge is 0.277 e. The molecule has 3 rings (SSSR count). The van der Waals surface area contributed by atoms with E-state index in [2.05, 4.69) is 34.7 Å². The fourth-order valence-electron chi connectivity index (χ4n) is 2.95. The molecule has 0 radical (unpaired) electrons. The van der Waals surface area contributed by atoms with E-state index >= 15 is 0 Å². The van der Waals surface area contributed by atoms with Gasteiger partial charge in [0.15, 0.2) is 6.61 Å². The zero-order valence-corrected chi connectivity index (χ0v) is 18.0. The molecule has 0 bridgehead atoms. The van der Waals surface area contributed by atoms with Crippen LogP contribution in [0.2, 0.25) is 0 Å². The maximum atomic E-state index is 12.0. The van der Waals surface area contributed by atoms with Crippen LogP contribution in [0, 0.1) is 6.92 Å². The van der Waals surface area contributed by atoms with E-state index in [0.29, 0.717) is 18.2 Å². The molecule has 0 saturated heterocycles. The van der Waals surface area contributed by atoms with Crippen LogP contribution >= 0.6 is 0 Å². The van der Waals surface area contributed by atoms with Gasteiger partial charge in [0.05, 0.1) is 12.7 Å². The zero-order valence-electron chi connectivity index (χ0n) is 18.0. The average molecular weight is 418 g/mol. The van der Waals surface area contributed by atoms with Crippen LogP contribution in [-0.2, 0) is 11.3 Å². The molecule has 0 unspecified atom stereocenters. The molecular formula is C24H27N5O2. The molecule has 1 amide bonds. The highest BCUT2D eigenvalue weighted by molar-refractivity contribution is 5.81. The Morgan fingerprint density at radius 3 is 2.81 bits per heavy atom. The van der Waals surface area contributed by atoms with E-state index in [-0.39, 0.29) is 12.5 Å². The van der Waals surface area contributed by atoms with Gasteiger partial charge >= 0.3 is 0 Å². The third-order valence-electron chi connectivity index (χ3n) is 4.51. The van der Waals surface area contributed by atoms with Crippen LogP contribution in [0.4, 0.5) is 0 Å². The van der Waals surface area contributed by atoms with Gasteiger partial charge in [0, 0.05) is 6.21 Å². The van der Waals surface area contributed by atoms with E-state index in [0.717, 1.165) is 22.4 Å². The lowest BCUT2D eigenvalue weighted by atomic mass is 10.0. The summed E-state index contributed by atoms with van der Waals surface area (Å²) in [6.45, 7) is 6.74. The van der Waals surface area contributed by atoms with Crippen molar-refractivity contribution in [3.63, 3.8) is 0 Å². The van der Waals surface area contributed by atoms with Crippen LogP contribution in [-0.4, -0.2) is 33.7 Å². The Kier molecular flexibility index (Phi) is 7.70. The number of aromatic nitrogens is 3. The molecule has 7 nitrogen and oxygen atoms in total. The van der Waals surface area contributed by atoms with Crippen molar-refractivity contribution in [1.82, 2.24) is 20.4 Å². The van der Waals surface area contributed by atoms with Gasteiger partial charge in [-0.25, -0.2) is 10.1 Å². The number of hydrazone groups is 1. The first kappa shape index (κ1) is 22.0. The minimum absolute atomic E-state index is 0.0992. The van der Waals surface area contributed by atoms with Crippen LogP contribution in [0.25, 0.3) is 6.08 Å². The van der Waals surface area contributed by atoms with Crippen molar-refractivity contribution in [2.45, 2.75) is 33.2 Å². The molecule has 3 aromatic rings. The van der Waals surface area contributed by atoms with E-state index in [4.69, 9.17) is 4.74 Å². The second-order valence-corrected chi connectivity index (χ2v) is 7.48. The van der Waals surface area contributed by atoms with Crippen molar-refractivity contribution >= 4 is 18.2 Å². The molecule has 7 heteroatoms. The number of nitrogens with one attached hydrogen (secondary N) is 1. The van der Waals surface area contributed by atoms with Crippen molar-refractivity contribution in [2.24, 2.45) is 5.10 Å². The number of rotatable bonds is 9. The summed E-state index contributed by atoms with van der Waals surface area (Å²) in [7, 11) is 0.